The van der Waals surface area contributed by atoms with Crippen molar-refractivity contribution in [1.29, 1.82) is 0 Å². The molecule has 7 N–H and O–H groups in total. The van der Waals surface area contributed by atoms with Crippen molar-refractivity contribution in [3.05, 3.63) is 35.9 Å². The Hall–Kier alpha value is -3.74. The number of nitrogens with one attached hydrogen (secondary N) is 3. The van der Waals surface area contributed by atoms with Gasteiger partial charge < -0.3 is 31.1 Å². The summed E-state index contributed by atoms with van der Waals surface area (Å²) in [5, 5.41) is 8.17. The molecule has 0 spiro atoms. The van der Waals surface area contributed by atoms with Gasteiger partial charge in [-0.05, 0) is 55.4 Å². The Bertz CT molecular complexity index is 1180. The van der Waals surface area contributed by atoms with E-state index in [2.05, 4.69) is 20.5 Å². The number of carbonyl (C=O) groups is 5. The average molecular weight is 610 g/mol. The van der Waals surface area contributed by atoms with Crippen LogP contribution >= 0.6 is 7.82 Å². The third-order valence-corrected chi connectivity index (χ3v) is 6.82. The highest BCUT2D eigenvalue weighted by Crippen LogP contribution is 2.37. The molecule has 0 aromatic heterocycles. The zero-order chi connectivity index (χ0) is 31.4. The molecule has 1 aromatic rings. The molecule has 1 aromatic carbocycles. The van der Waals surface area contributed by atoms with Gasteiger partial charge in [0.2, 0.25) is 29.5 Å². The first kappa shape index (κ1) is 34.5. The van der Waals surface area contributed by atoms with Crippen LogP contribution in [0.2, 0.25) is 0 Å². The van der Waals surface area contributed by atoms with E-state index >= 15 is 0 Å². The third-order valence-electron chi connectivity index (χ3n) is 6.37. The second kappa shape index (κ2) is 16.0. The molecule has 232 valence electrons. The van der Waals surface area contributed by atoms with E-state index in [0.29, 0.717) is 31.4 Å². The van der Waals surface area contributed by atoms with Gasteiger partial charge in [0, 0.05) is 38.6 Å². The molecule has 1 aliphatic heterocycles. The predicted octanol–water partition coefficient (Wildman–Crippen LogP) is 0.580. The van der Waals surface area contributed by atoms with E-state index in [4.69, 9.17) is 15.5 Å². The van der Waals surface area contributed by atoms with Gasteiger partial charge in [0.05, 0.1) is 0 Å². The Balaban J connectivity index is 2.09. The van der Waals surface area contributed by atoms with Crippen molar-refractivity contribution in [2.24, 2.45) is 11.7 Å². The highest BCUT2D eigenvalue weighted by atomic mass is 31.2. The van der Waals surface area contributed by atoms with Crippen molar-refractivity contribution in [2.75, 3.05) is 13.1 Å². The van der Waals surface area contributed by atoms with Gasteiger partial charge >= 0.3 is 7.82 Å². The van der Waals surface area contributed by atoms with E-state index in [1.807, 2.05) is 13.8 Å². The highest BCUT2D eigenvalue weighted by Gasteiger charge is 2.38. The van der Waals surface area contributed by atoms with Gasteiger partial charge in [0.1, 0.15) is 17.8 Å². The fourth-order valence-electron chi connectivity index (χ4n) is 4.47. The number of rotatable bonds is 15. The number of hydrogen-bond acceptors (Lipinski definition) is 7. The second-order valence-electron chi connectivity index (χ2n) is 10.5. The zero-order valence-electron chi connectivity index (χ0n) is 23.9. The summed E-state index contributed by atoms with van der Waals surface area (Å²) in [6.07, 6.45) is 4.29. The number of primary amides is 1. The maximum atomic E-state index is 13.6. The lowest BCUT2D eigenvalue weighted by Crippen LogP contribution is -2.55. The summed E-state index contributed by atoms with van der Waals surface area (Å²) >= 11 is 0. The molecule has 1 fully saturated rings. The third kappa shape index (κ3) is 12.4. The van der Waals surface area contributed by atoms with Crippen LogP contribution in [-0.2, 0) is 28.5 Å². The Kier molecular flexibility index (Phi) is 13.2. The monoisotopic (exact) mass is 609 g/mol. The van der Waals surface area contributed by atoms with Gasteiger partial charge in [-0.15, -0.1) is 0 Å². The van der Waals surface area contributed by atoms with Crippen molar-refractivity contribution in [2.45, 2.75) is 71.0 Å². The molecule has 1 aliphatic rings. The van der Waals surface area contributed by atoms with Gasteiger partial charge in [0.25, 0.3) is 0 Å². The number of phosphoric ester groups is 1. The molecule has 2 rings (SSSR count). The van der Waals surface area contributed by atoms with Gasteiger partial charge in [-0.3, -0.25) is 33.8 Å². The molecule has 3 atom stereocenters. The normalized spacial score (nSPS) is 16.6. The van der Waals surface area contributed by atoms with E-state index in [0.717, 1.165) is 0 Å². The molecule has 15 heteroatoms. The summed E-state index contributed by atoms with van der Waals surface area (Å²) < 4.78 is 15.4. The standard InChI is InChI=1S/C27H40N5O9P/c1-17(2)15-22(31-25(35)13-8-19-6-10-21(11-7-19)41-42(38,39)40)27(37)32-14-4-5-23(32)26(36)30-20(9-12-24(28)34)16-29-18(3)33/h6-8,10-11,13,17,20,22-23H,4-5,9,12,14-16H2,1-3H3,(H2,28,34)(H,29,33)(H,30,36)(H,31,35)(H2,38,39,40)/b13-8+/t20-,22-,23-/m0/s1. The van der Waals surface area contributed by atoms with Crippen LogP contribution in [0.4, 0.5) is 0 Å². The van der Waals surface area contributed by atoms with E-state index in [1.165, 1.54) is 48.2 Å². The van der Waals surface area contributed by atoms with Crippen molar-refractivity contribution >= 4 is 43.4 Å². The lowest BCUT2D eigenvalue weighted by Gasteiger charge is -2.30. The van der Waals surface area contributed by atoms with Crippen LogP contribution in [0.1, 0.15) is 58.4 Å². The van der Waals surface area contributed by atoms with Crippen LogP contribution < -0.4 is 26.2 Å². The van der Waals surface area contributed by atoms with Crippen LogP contribution in [0.15, 0.2) is 30.3 Å². The van der Waals surface area contributed by atoms with Crippen LogP contribution in [0, 0.1) is 5.92 Å². The van der Waals surface area contributed by atoms with Gasteiger partial charge in [-0.2, -0.15) is 0 Å². The molecule has 1 saturated heterocycles. The Morgan fingerprint density at radius 2 is 1.81 bits per heavy atom. The van der Waals surface area contributed by atoms with Crippen molar-refractivity contribution in [3.8, 4) is 5.75 Å². The number of benzene rings is 1. The maximum Gasteiger partial charge on any atom is 0.524 e. The van der Waals surface area contributed by atoms with Crippen molar-refractivity contribution in [1.82, 2.24) is 20.9 Å². The van der Waals surface area contributed by atoms with E-state index in [1.54, 1.807) is 0 Å². The van der Waals surface area contributed by atoms with Crippen molar-refractivity contribution in [3.63, 3.8) is 0 Å². The summed E-state index contributed by atoms with van der Waals surface area (Å²) in [7, 11) is -4.69. The van der Waals surface area contributed by atoms with E-state index in [9.17, 15) is 28.5 Å². The second-order valence-corrected chi connectivity index (χ2v) is 11.7. The zero-order valence-corrected chi connectivity index (χ0v) is 24.8. The topological polar surface area (TPSA) is 217 Å². The smallest absolute Gasteiger partial charge is 0.404 e. The first-order valence-corrected chi connectivity index (χ1v) is 15.1. The summed E-state index contributed by atoms with van der Waals surface area (Å²) in [4.78, 5) is 81.4. The Labute approximate surface area is 244 Å². The lowest BCUT2D eigenvalue weighted by atomic mass is 10.0. The maximum absolute atomic E-state index is 13.6. The largest absolute Gasteiger partial charge is 0.524 e. The molecule has 14 nitrogen and oxygen atoms in total. The molecular weight excluding hydrogens is 569 g/mol. The van der Waals surface area contributed by atoms with E-state index in [-0.39, 0.29) is 37.0 Å². The SMILES string of the molecule is CC(=O)NC[C@H](CCC(N)=O)NC(=O)[C@@H]1CCCN1C(=O)[C@H](CC(C)C)NC(=O)/C=C/c1ccc(OP(=O)(O)O)cc1. The molecule has 42 heavy (non-hydrogen) atoms. The lowest BCUT2D eigenvalue weighted by molar-refractivity contribution is -0.141. The molecule has 5 amide bonds. The number of nitrogens with two attached hydrogens (primary N) is 1. The van der Waals surface area contributed by atoms with Gasteiger partial charge in [-0.1, -0.05) is 26.0 Å². The van der Waals surface area contributed by atoms with Crippen LogP contribution in [0.25, 0.3) is 6.08 Å². The number of hydrogen-bond donors (Lipinski definition) is 6. The van der Waals surface area contributed by atoms with Gasteiger partial charge in [-0.25, -0.2) is 4.57 Å². The number of carbonyl (C=O) groups excluding carboxylic acids is 5. The van der Waals surface area contributed by atoms with E-state index < -0.39 is 49.6 Å². The molecular formula is C27H40N5O9P. The number of likely N-dealkylation sites (tertiary alicyclic amines) is 1. The summed E-state index contributed by atoms with van der Waals surface area (Å²) in [6.45, 7) is 5.58. The first-order chi connectivity index (χ1) is 19.6. The average Bonchev–Trinajstić information content (AvgIpc) is 3.38. The number of nitrogens with zero attached hydrogens (tertiary/aromatic N) is 1. The molecule has 1 heterocycles. The fourth-order valence-corrected chi connectivity index (χ4v) is 4.87. The Morgan fingerprint density at radius 3 is 2.38 bits per heavy atom. The van der Waals surface area contributed by atoms with Crippen LogP contribution in [0.3, 0.4) is 0 Å². The highest BCUT2D eigenvalue weighted by molar-refractivity contribution is 7.46. The number of amides is 5. The predicted molar refractivity (Wildman–Crippen MR) is 153 cm³/mol. The van der Waals surface area contributed by atoms with Crippen LogP contribution in [-0.4, -0.2) is 75.4 Å². The minimum absolute atomic E-state index is 0.0131. The number of phosphoric acid groups is 1. The Morgan fingerprint density at radius 1 is 1.14 bits per heavy atom. The van der Waals surface area contributed by atoms with Gasteiger partial charge in [0.15, 0.2) is 0 Å². The fraction of sp³-hybridized carbons (Fsp3) is 0.519. The summed E-state index contributed by atoms with van der Waals surface area (Å²) in [5.41, 5.74) is 5.79. The summed E-state index contributed by atoms with van der Waals surface area (Å²) in [5.74, 6) is -2.16. The minimum Gasteiger partial charge on any atom is -0.404 e. The molecule has 0 aliphatic carbocycles. The molecule has 0 saturated carbocycles. The minimum atomic E-state index is -4.69. The van der Waals surface area contributed by atoms with Crippen molar-refractivity contribution < 1.29 is 42.8 Å². The quantitative estimate of drug-likeness (QED) is 0.121. The molecule has 0 bridgehead atoms. The summed E-state index contributed by atoms with van der Waals surface area (Å²) in [6, 6.07) is 3.47. The molecule has 0 radical (unpaired) electrons. The first-order valence-electron chi connectivity index (χ1n) is 13.6. The van der Waals surface area contributed by atoms with Crippen LogP contribution in [0.5, 0.6) is 5.75 Å². The molecule has 0 unspecified atom stereocenters.